The zero-order valence-corrected chi connectivity index (χ0v) is 12.2. The fraction of sp³-hybridized carbons (Fsp3) is 0.600. The van der Waals surface area contributed by atoms with Crippen molar-refractivity contribution in [2.24, 2.45) is 5.84 Å². The van der Waals surface area contributed by atoms with Crippen LogP contribution >= 0.6 is 11.8 Å². The number of hydrogen-bond acceptors (Lipinski definition) is 3. The first kappa shape index (κ1) is 13.9. The van der Waals surface area contributed by atoms with Gasteiger partial charge < -0.3 is 0 Å². The summed E-state index contributed by atoms with van der Waals surface area (Å²) in [6.45, 7) is 4.46. The van der Waals surface area contributed by atoms with E-state index in [2.05, 4.69) is 37.5 Å². The number of nitrogens with two attached hydrogens (primary N) is 1. The summed E-state index contributed by atoms with van der Waals surface area (Å²) in [5.41, 5.74) is 7.48. The molecule has 1 aromatic carbocycles. The zero-order valence-electron chi connectivity index (χ0n) is 11.4. The summed E-state index contributed by atoms with van der Waals surface area (Å²) in [5, 5.41) is 0.667. The highest BCUT2D eigenvalue weighted by molar-refractivity contribution is 7.99. The van der Waals surface area contributed by atoms with E-state index in [0.29, 0.717) is 11.3 Å². The van der Waals surface area contributed by atoms with Crippen LogP contribution in [0.4, 0.5) is 0 Å². The zero-order chi connectivity index (χ0) is 13.0. The van der Waals surface area contributed by atoms with Gasteiger partial charge in [-0.15, -0.1) is 0 Å². The molecule has 2 rings (SSSR count). The molecule has 1 atom stereocenters. The highest BCUT2D eigenvalue weighted by Crippen LogP contribution is 2.23. The molecule has 3 heteroatoms. The molecule has 0 heterocycles. The summed E-state index contributed by atoms with van der Waals surface area (Å²) in [7, 11) is 0. The lowest BCUT2D eigenvalue weighted by molar-refractivity contribution is 0.575. The second kappa shape index (κ2) is 6.60. The van der Waals surface area contributed by atoms with Gasteiger partial charge in [0.25, 0.3) is 0 Å². The second-order valence-electron chi connectivity index (χ2n) is 5.41. The third-order valence-electron chi connectivity index (χ3n) is 3.51. The Kier molecular flexibility index (Phi) is 5.10. The Bertz CT molecular complexity index is 390. The minimum atomic E-state index is 0.372. The van der Waals surface area contributed by atoms with Gasteiger partial charge in [0.15, 0.2) is 0 Å². The van der Waals surface area contributed by atoms with E-state index in [1.54, 1.807) is 11.1 Å². The molecule has 0 saturated carbocycles. The van der Waals surface area contributed by atoms with Gasteiger partial charge in [0.2, 0.25) is 0 Å². The van der Waals surface area contributed by atoms with Crippen molar-refractivity contribution in [1.82, 2.24) is 5.43 Å². The van der Waals surface area contributed by atoms with Gasteiger partial charge in [-0.1, -0.05) is 32.0 Å². The third kappa shape index (κ3) is 3.74. The van der Waals surface area contributed by atoms with E-state index in [0.717, 1.165) is 12.2 Å². The lowest BCUT2D eigenvalue weighted by Crippen LogP contribution is -2.39. The Morgan fingerprint density at radius 1 is 1.28 bits per heavy atom. The van der Waals surface area contributed by atoms with Crippen molar-refractivity contribution in [3.05, 3.63) is 34.9 Å². The van der Waals surface area contributed by atoms with Gasteiger partial charge in [-0.2, -0.15) is 11.8 Å². The Balaban J connectivity index is 1.94. The van der Waals surface area contributed by atoms with Crippen LogP contribution < -0.4 is 11.3 Å². The molecule has 0 fully saturated rings. The van der Waals surface area contributed by atoms with E-state index in [1.165, 1.54) is 24.8 Å². The summed E-state index contributed by atoms with van der Waals surface area (Å²) in [4.78, 5) is 0. The van der Waals surface area contributed by atoms with Crippen LogP contribution in [0.15, 0.2) is 18.2 Å². The maximum absolute atomic E-state index is 5.66. The average molecular weight is 264 g/mol. The van der Waals surface area contributed by atoms with Crippen molar-refractivity contribution in [2.75, 3.05) is 5.75 Å². The van der Waals surface area contributed by atoms with E-state index in [-0.39, 0.29) is 0 Å². The predicted octanol–water partition coefficient (Wildman–Crippen LogP) is 2.69. The van der Waals surface area contributed by atoms with Gasteiger partial charge in [0.05, 0.1) is 0 Å². The molecule has 100 valence electrons. The molecule has 0 amide bonds. The van der Waals surface area contributed by atoms with E-state index < -0.39 is 0 Å². The van der Waals surface area contributed by atoms with Crippen molar-refractivity contribution < 1.29 is 0 Å². The minimum absolute atomic E-state index is 0.372. The van der Waals surface area contributed by atoms with Crippen LogP contribution in [0.25, 0.3) is 0 Å². The van der Waals surface area contributed by atoms with E-state index in [9.17, 15) is 0 Å². The fourth-order valence-corrected chi connectivity index (χ4v) is 3.34. The largest absolute Gasteiger partial charge is 0.271 e. The molecular formula is C15H24N2S. The summed E-state index contributed by atoms with van der Waals surface area (Å²) < 4.78 is 0. The number of rotatable bonds is 6. The van der Waals surface area contributed by atoms with Crippen molar-refractivity contribution in [1.29, 1.82) is 0 Å². The standard InChI is InChI=1S/C15H24N2S/c1-11(2)18-10-15(17-16)9-12-6-7-13-4-3-5-14(13)8-12/h6-8,11,15,17H,3-5,9-10,16H2,1-2H3. The molecule has 3 N–H and O–H groups in total. The van der Waals surface area contributed by atoms with Crippen LogP contribution in [0.2, 0.25) is 0 Å². The first-order valence-electron chi connectivity index (χ1n) is 6.87. The lowest BCUT2D eigenvalue weighted by atomic mass is 10.0. The summed E-state index contributed by atoms with van der Waals surface area (Å²) >= 11 is 1.97. The van der Waals surface area contributed by atoms with Gasteiger partial charge in [0, 0.05) is 11.8 Å². The molecular weight excluding hydrogens is 240 g/mol. The molecule has 1 aliphatic rings. The topological polar surface area (TPSA) is 38.0 Å². The molecule has 0 saturated heterocycles. The lowest BCUT2D eigenvalue weighted by Gasteiger charge is -2.17. The molecule has 0 radical (unpaired) electrons. The normalized spacial score (nSPS) is 16.0. The van der Waals surface area contributed by atoms with Crippen LogP contribution in [-0.2, 0) is 19.3 Å². The maximum Gasteiger partial charge on any atom is 0.0341 e. The molecule has 1 aliphatic carbocycles. The minimum Gasteiger partial charge on any atom is -0.271 e. The summed E-state index contributed by atoms with van der Waals surface area (Å²) in [5.74, 6) is 6.73. The maximum atomic E-state index is 5.66. The number of benzene rings is 1. The van der Waals surface area contributed by atoms with Crippen molar-refractivity contribution >= 4 is 11.8 Å². The summed E-state index contributed by atoms with van der Waals surface area (Å²) in [6, 6.07) is 7.33. The van der Waals surface area contributed by atoms with Crippen LogP contribution in [0.3, 0.4) is 0 Å². The van der Waals surface area contributed by atoms with Crippen molar-refractivity contribution in [2.45, 2.75) is 50.8 Å². The molecule has 1 aromatic rings. The first-order chi connectivity index (χ1) is 8.69. The first-order valence-corrected chi connectivity index (χ1v) is 7.92. The van der Waals surface area contributed by atoms with E-state index in [4.69, 9.17) is 5.84 Å². The fourth-order valence-electron chi connectivity index (χ4n) is 2.51. The van der Waals surface area contributed by atoms with Gasteiger partial charge in [-0.3, -0.25) is 11.3 Å². The number of fused-ring (bicyclic) bond motifs is 1. The molecule has 18 heavy (non-hydrogen) atoms. The van der Waals surface area contributed by atoms with E-state index in [1.807, 2.05) is 11.8 Å². The molecule has 1 unspecified atom stereocenters. The van der Waals surface area contributed by atoms with Gasteiger partial charge in [-0.05, 0) is 47.6 Å². The molecule has 0 aromatic heterocycles. The highest BCUT2D eigenvalue weighted by atomic mass is 32.2. The quantitative estimate of drug-likeness (QED) is 0.613. The van der Waals surface area contributed by atoms with Crippen LogP contribution in [-0.4, -0.2) is 17.0 Å². The number of hydrazine groups is 1. The number of nitrogens with one attached hydrogen (secondary N) is 1. The number of hydrogen-bond donors (Lipinski definition) is 2. The smallest absolute Gasteiger partial charge is 0.0341 e. The van der Waals surface area contributed by atoms with Crippen LogP contribution in [0, 0.1) is 0 Å². The summed E-state index contributed by atoms with van der Waals surface area (Å²) in [6.07, 6.45) is 4.87. The monoisotopic (exact) mass is 264 g/mol. The predicted molar refractivity (Wildman–Crippen MR) is 80.9 cm³/mol. The molecule has 2 nitrogen and oxygen atoms in total. The van der Waals surface area contributed by atoms with Gasteiger partial charge >= 0.3 is 0 Å². The molecule has 0 bridgehead atoms. The Morgan fingerprint density at radius 3 is 2.78 bits per heavy atom. The van der Waals surface area contributed by atoms with Gasteiger partial charge in [0.1, 0.15) is 0 Å². The van der Waals surface area contributed by atoms with Crippen molar-refractivity contribution in [3.63, 3.8) is 0 Å². The number of aryl methyl sites for hydroxylation is 2. The Morgan fingerprint density at radius 2 is 2.06 bits per heavy atom. The van der Waals surface area contributed by atoms with Gasteiger partial charge in [-0.25, -0.2) is 0 Å². The Labute approximate surface area is 115 Å². The Hall–Kier alpha value is -0.510. The average Bonchev–Trinajstić information content (AvgIpc) is 2.81. The molecule has 0 spiro atoms. The third-order valence-corrected chi connectivity index (χ3v) is 4.77. The van der Waals surface area contributed by atoms with Crippen molar-refractivity contribution in [3.8, 4) is 0 Å². The molecule has 0 aliphatic heterocycles. The van der Waals surface area contributed by atoms with Crippen LogP contribution in [0.5, 0.6) is 0 Å². The SMILES string of the molecule is CC(C)SCC(Cc1ccc2c(c1)CCC2)NN. The van der Waals surface area contributed by atoms with E-state index >= 15 is 0 Å². The highest BCUT2D eigenvalue weighted by Gasteiger charge is 2.13. The van der Waals surface area contributed by atoms with Crippen LogP contribution in [0.1, 0.15) is 37.0 Å². The second-order valence-corrected chi connectivity index (χ2v) is 7.02. The number of thioether (sulfide) groups is 1.